The fourth-order valence-corrected chi connectivity index (χ4v) is 3.05. The van der Waals surface area contributed by atoms with Crippen LogP contribution in [0.1, 0.15) is 32.1 Å². The van der Waals surface area contributed by atoms with E-state index in [9.17, 15) is 9.59 Å². The molecule has 1 fully saturated rings. The lowest BCUT2D eigenvalue weighted by Crippen LogP contribution is -2.43. The summed E-state index contributed by atoms with van der Waals surface area (Å²) in [6, 6.07) is 0. The largest absolute Gasteiger partial charge is 0.354 e. The molecule has 0 amide bonds. The van der Waals surface area contributed by atoms with E-state index in [1.807, 2.05) is 6.26 Å². The average Bonchev–Trinajstić information content (AvgIpc) is 2.40. The van der Waals surface area contributed by atoms with E-state index in [-0.39, 0.29) is 5.69 Å². The molecule has 0 bridgehead atoms. The van der Waals surface area contributed by atoms with E-state index >= 15 is 0 Å². The van der Waals surface area contributed by atoms with Crippen LogP contribution in [0.5, 0.6) is 0 Å². The van der Waals surface area contributed by atoms with Gasteiger partial charge in [0.15, 0.2) is 5.16 Å². The molecule has 1 aromatic rings. The lowest BCUT2D eigenvalue weighted by molar-refractivity contribution is 0.304. The van der Waals surface area contributed by atoms with Crippen LogP contribution in [0, 0.1) is 5.92 Å². The normalized spacial score (nSPS) is 17.0. The summed E-state index contributed by atoms with van der Waals surface area (Å²) in [4.78, 5) is 27.9. The first-order valence-corrected chi connectivity index (χ1v) is 7.58. The van der Waals surface area contributed by atoms with E-state index in [2.05, 4.69) is 4.98 Å². The molecule has 100 valence electrons. The lowest BCUT2D eigenvalue weighted by Gasteiger charge is -2.22. The monoisotopic (exact) mass is 269 g/mol. The Hall–Kier alpha value is -1.04. The number of thioether (sulfide) groups is 1. The second kappa shape index (κ2) is 5.73. The maximum atomic E-state index is 12.1. The van der Waals surface area contributed by atoms with Crippen LogP contribution in [0.25, 0.3) is 0 Å². The third kappa shape index (κ3) is 2.68. The number of rotatable bonds is 3. The van der Waals surface area contributed by atoms with Crippen LogP contribution in [0.3, 0.4) is 0 Å². The van der Waals surface area contributed by atoms with Gasteiger partial charge in [0.2, 0.25) is 0 Å². The summed E-state index contributed by atoms with van der Waals surface area (Å²) in [5, 5.41) is 0.477. The molecule has 6 heteroatoms. The van der Waals surface area contributed by atoms with Crippen LogP contribution in [0.2, 0.25) is 0 Å². The summed E-state index contributed by atoms with van der Waals surface area (Å²) in [6.07, 6.45) is 7.71. The highest BCUT2D eigenvalue weighted by atomic mass is 32.2. The lowest BCUT2D eigenvalue weighted by atomic mass is 9.89. The van der Waals surface area contributed by atoms with E-state index in [0.717, 1.165) is 12.8 Å². The van der Waals surface area contributed by atoms with Crippen molar-refractivity contribution in [3.05, 3.63) is 21.0 Å². The molecule has 0 N–H and O–H groups in total. The van der Waals surface area contributed by atoms with E-state index in [0.29, 0.717) is 17.6 Å². The third-order valence-corrected chi connectivity index (χ3v) is 4.31. The minimum Gasteiger partial charge on any atom is -0.275 e. The van der Waals surface area contributed by atoms with Crippen molar-refractivity contribution in [2.75, 3.05) is 6.26 Å². The molecule has 5 nitrogen and oxygen atoms in total. The molecule has 0 unspecified atom stereocenters. The molecule has 1 aliphatic rings. The first-order chi connectivity index (χ1) is 8.63. The Labute approximate surface area is 110 Å². The van der Waals surface area contributed by atoms with Crippen molar-refractivity contribution in [1.82, 2.24) is 14.1 Å². The topological polar surface area (TPSA) is 56.9 Å². The highest BCUT2D eigenvalue weighted by Gasteiger charge is 2.17. The van der Waals surface area contributed by atoms with Gasteiger partial charge >= 0.3 is 11.4 Å². The van der Waals surface area contributed by atoms with Crippen LogP contribution >= 0.6 is 11.8 Å². The maximum absolute atomic E-state index is 12.1. The summed E-state index contributed by atoms with van der Waals surface area (Å²) in [5.41, 5.74) is -0.655. The Kier molecular flexibility index (Phi) is 4.27. The zero-order valence-corrected chi connectivity index (χ0v) is 11.7. The van der Waals surface area contributed by atoms with Gasteiger partial charge in [-0.15, -0.1) is 0 Å². The summed E-state index contributed by atoms with van der Waals surface area (Å²) in [6.45, 7) is 0.521. The first kappa shape index (κ1) is 13.4. The fraction of sp³-hybridized carbons (Fsp3) is 0.750. The summed E-state index contributed by atoms with van der Waals surface area (Å²) >= 11 is 1.32. The van der Waals surface area contributed by atoms with E-state index in [1.165, 1.54) is 40.2 Å². The smallest absolute Gasteiger partial charge is 0.275 e. The molecule has 1 aromatic heterocycles. The first-order valence-electron chi connectivity index (χ1n) is 6.35. The Bertz CT molecular complexity index is 529. The third-order valence-electron chi connectivity index (χ3n) is 3.58. The van der Waals surface area contributed by atoms with Crippen molar-refractivity contribution in [2.24, 2.45) is 13.0 Å². The number of aromatic nitrogens is 3. The molecule has 0 radical (unpaired) electrons. The molecular formula is C12H19N3O2S. The molecule has 0 spiro atoms. The molecule has 0 saturated heterocycles. The van der Waals surface area contributed by atoms with Gasteiger partial charge in [0.1, 0.15) is 0 Å². The Morgan fingerprint density at radius 1 is 1.28 bits per heavy atom. The van der Waals surface area contributed by atoms with Gasteiger partial charge < -0.3 is 0 Å². The predicted octanol–water partition coefficient (Wildman–Crippen LogP) is 1.24. The molecule has 1 aliphatic carbocycles. The molecule has 0 aliphatic heterocycles. The highest BCUT2D eigenvalue weighted by Crippen LogP contribution is 2.24. The molecule has 2 rings (SSSR count). The second-order valence-electron chi connectivity index (χ2n) is 4.84. The van der Waals surface area contributed by atoms with E-state index < -0.39 is 5.69 Å². The van der Waals surface area contributed by atoms with Gasteiger partial charge in [0.25, 0.3) is 0 Å². The van der Waals surface area contributed by atoms with Crippen molar-refractivity contribution in [3.8, 4) is 0 Å². The zero-order chi connectivity index (χ0) is 13.1. The zero-order valence-electron chi connectivity index (χ0n) is 10.9. The molecule has 18 heavy (non-hydrogen) atoms. The van der Waals surface area contributed by atoms with Gasteiger partial charge in [-0.3, -0.25) is 4.57 Å². The predicted molar refractivity (Wildman–Crippen MR) is 72.1 cm³/mol. The van der Waals surface area contributed by atoms with Gasteiger partial charge in [0, 0.05) is 13.6 Å². The summed E-state index contributed by atoms with van der Waals surface area (Å²) in [5.74, 6) is 0.450. The van der Waals surface area contributed by atoms with Crippen LogP contribution in [-0.4, -0.2) is 20.4 Å². The maximum Gasteiger partial charge on any atom is 0.354 e. The number of nitrogens with zero attached hydrogens (tertiary/aromatic N) is 3. The quantitative estimate of drug-likeness (QED) is 0.775. The van der Waals surface area contributed by atoms with Gasteiger partial charge in [-0.25, -0.2) is 14.2 Å². The average molecular weight is 269 g/mol. The van der Waals surface area contributed by atoms with Gasteiger partial charge in [-0.05, 0) is 25.0 Å². The van der Waals surface area contributed by atoms with Gasteiger partial charge in [0.05, 0.1) is 0 Å². The molecule has 0 atom stereocenters. The Morgan fingerprint density at radius 3 is 2.56 bits per heavy atom. The minimum absolute atomic E-state index is 0.245. The number of hydrogen-bond donors (Lipinski definition) is 0. The SMILES string of the molecule is CSc1nc(=O)n(CC2CCCCC2)c(=O)n1C. The van der Waals surface area contributed by atoms with E-state index in [1.54, 1.807) is 7.05 Å². The van der Waals surface area contributed by atoms with Gasteiger partial charge in [-0.2, -0.15) is 4.98 Å². The van der Waals surface area contributed by atoms with Crippen molar-refractivity contribution < 1.29 is 0 Å². The van der Waals surface area contributed by atoms with Crippen LogP contribution in [0.4, 0.5) is 0 Å². The van der Waals surface area contributed by atoms with E-state index in [4.69, 9.17) is 0 Å². The molecule has 0 aromatic carbocycles. The van der Waals surface area contributed by atoms with Crippen LogP contribution in [-0.2, 0) is 13.6 Å². The number of hydrogen-bond acceptors (Lipinski definition) is 4. The molecule has 1 heterocycles. The second-order valence-corrected chi connectivity index (χ2v) is 5.61. The van der Waals surface area contributed by atoms with Crippen molar-refractivity contribution >= 4 is 11.8 Å². The summed E-state index contributed by atoms with van der Waals surface area (Å²) < 4.78 is 2.74. The van der Waals surface area contributed by atoms with Crippen molar-refractivity contribution in [2.45, 2.75) is 43.8 Å². The Morgan fingerprint density at radius 2 is 1.94 bits per heavy atom. The Balaban J connectivity index is 2.30. The summed E-state index contributed by atoms with van der Waals surface area (Å²) in [7, 11) is 1.66. The van der Waals surface area contributed by atoms with Crippen molar-refractivity contribution in [1.29, 1.82) is 0 Å². The highest BCUT2D eigenvalue weighted by molar-refractivity contribution is 7.98. The standard InChI is InChI=1S/C12H19N3O2S/c1-14-11(18-2)13-10(16)15(12(14)17)8-9-6-4-3-5-7-9/h9H,3-8H2,1-2H3. The van der Waals surface area contributed by atoms with Gasteiger partial charge in [-0.1, -0.05) is 31.0 Å². The minimum atomic E-state index is -0.409. The molecule has 1 saturated carbocycles. The van der Waals surface area contributed by atoms with Crippen LogP contribution in [0.15, 0.2) is 14.7 Å². The van der Waals surface area contributed by atoms with Crippen LogP contribution < -0.4 is 11.4 Å². The van der Waals surface area contributed by atoms with Crippen molar-refractivity contribution in [3.63, 3.8) is 0 Å². The fourth-order valence-electron chi connectivity index (χ4n) is 2.53. The molecular weight excluding hydrogens is 250 g/mol.